The number of ether oxygens (including phenoxy) is 1. The fourth-order valence-electron chi connectivity index (χ4n) is 3.81. The summed E-state index contributed by atoms with van der Waals surface area (Å²) in [4.78, 5) is 0. The van der Waals surface area contributed by atoms with Crippen molar-refractivity contribution in [3.8, 4) is 17.2 Å². The molecule has 0 heterocycles. The van der Waals surface area contributed by atoms with E-state index in [9.17, 15) is 10.2 Å². The highest BCUT2D eigenvalue weighted by Crippen LogP contribution is 2.54. The fraction of sp³-hybridized carbons (Fsp3) is 0.217. The maximum atomic E-state index is 15.0. The van der Waals surface area contributed by atoms with Crippen molar-refractivity contribution in [3.05, 3.63) is 88.5 Å². The molecule has 6 heteroatoms. The number of aryl methyl sites for hydroxylation is 2. The number of benzene rings is 3. The lowest BCUT2D eigenvalue weighted by molar-refractivity contribution is -0.166. The zero-order valence-corrected chi connectivity index (χ0v) is 16.2. The number of alkyl halides is 3. The molecule has 1 atom stereocenters. The molecule has 0 aromatic heterocycles. The van der Waals surface area contributed by atoms with Gasteiger partial charge in [0.2, 0.25) is 0 Å². The van der Waals surface area contributed by atoms with Crippen molar-refractivity contribution in [1.29, 1.82) is 0 Å². The van der Waals surface area contributed by atoms with Crippen LogP contribution < -0.4 is 4.74 Å². The largest absolute Gasteiger partial charge is 0.508 e. The van der Waals surface area contributed by atoms with Crippen molar-refractivity contribution in [3.63, 3.8) is 0 Å². The normalized spacial score (nSPS) is 13.7. The van der Waals surface area contributed by atoms with Crippen LogP contribution >= 0.6 is 0 Å². The van der Waals surface area contributed by atoms with Gasteiger partial charge in [-0.3, -0.25) is 0 Å². The van der Waals surface area contributed by atoms with E-state index in [2.05, 4.69) is 0 Å². The number of phenols is 2. The molecule has 3 aromatic rings. The second-order valence-corrected chi connectivity index (χ2v) is 6.96. The molecule has 0 amide bonds. The molecule has 0 aliphatic heterocycles. The van der Waals surface area contributed by atoms with E-state index in [-0.39, 0.29) is 33.9 Å². The van der Waals surface area contributed by atoms with Crippen LogP contribution in [0, 0.1) is 13.8 Å². The molecule has 0 radical (unpaired) electrons. The summed E-state index contributed by atoms with van der Waals surface area (Å²) >= 11 is 0. The second kappa shape index (κ2) is 7.35. The van der Waals surface area contributed by atoms with Crippen LogP contribution in [0.25, 0.3) is 0 Å². The Morgan fingerprint density at radius 3 is 1.90 bits per heavy atom. The number of hydrogen-bond donors (Lipinski definition) is 2. The highest BCUT2D eigenvalue weighted by molar-refractivity contribution is 5.60. The summed E-state index contributed by atoms with van der Waals surface area (Å²) in [7, 11) is 1.26. The van der Waals surface area contributed by atoms with Crippen LogP contribution in [0.1, 0.15) is 27.8 Å². The first kappa shape index (κ1) is 20.6. The van der Waals surface area contributed by atoms with Gasteiger partial charge in [0.15, 0.2) is 0 Å². The Kier molecular flexibility index (Phi) is 5.22. The molecular weight excluding hydrogens is 381 g/mol. The van der Waals surface area contributed by atoms with Crippen molar-refractivity contribution < 1.29 is 28.1 Å². The van der Waals surface area contributed by atoms with Gasteiger partial charge in [-0.15, -0.1) is 0 Å². The van der Waals surface area contributed by atoms with Gasteiger partial charge < -0.3 is 14.9 Å². The van der Waals surface area contributed by atoms with Crippen molar-refractivity contribution in [2.24, 2.45) is 0 Å². The smallest absolute Gasteiger partial charge is 0.406 e. The van der Waals surface area contributed by atoms with Crippen LogP contribution in [0.4, 0.5) is 13.2 Å². The molecule has 0 aliphatic rings. The molecule has 0 spiro atoms. The molecule has 2 N–H and O–H groups in total. The first-order chi connectivity index (χ1) is 13.6. The summed E-state index contributed by atoms with van der Waals surface area (Å²) in [5.41, 5.74) is -2.10. The van der Waals surface area contributed by atoms with Gasteiger partial charge in [-0.1, -0.05) is 48.5 Å². The maximum absolute atomic E-state index is 15.0. The average Bonchev–Trinajstić information content (AvgIpc) is 2.67. The minimum atomic E-state index is -4.76. The predicted molar refractivity (Wildman–Crippen MR) is 105 cm³/mol. The summed E-state index contributed by atoms with van der Waals surface area (Å²) in [5.74, 6) is -0.335. The quantitative estimate of drug-likeness (QED) is 0.557. The first-order valence-corrected chi connectivity index (χ1v) is 8.93. The lowest BCUT2D eigenvalue weighted by atomic mass is 9.67. The molecule has 3 nitrogen and oxygen atoms in total. The van der Waals surface area contributed by atoms with Crippen LogP contribution in [0.3, 0.4) is 0 Å². The molecule has 0 saturated heterocycles. The van der Waals surface area contributed by atoms with E-state index in [4.69, 9.17) is 4.74 Å². The van der Waals surface area contributed by atoms with Crippen LogP contribution in [-0.2, 0) is 5.41 Å². The summed E-state index contributed by atoms with van der Waals surface area (Å²) in [6, 6.07) is 13.9. The number of methoxy groups -OCH3 is 1. The fourth-order valence-corrected chi connectivity index (χ4v) is 3.81. The van der Waals surface area contributed by atoms with Gasteiger partial charge in [0.25, 0.3) is 0 Å². The number of halogens is 3. The van der Waals surface area contributed by atoms with E-state index in [1.807, 2.05) is 0 Å². The topological polar surface area (TPSA) is 49.7 Å². The van der Waals surface area contributed by atoms with Crippen molar-refractivity contribution in [2.45, 2.75) is 25.4 Å². The molecule has 0 fully saturated rings. The Bertz CT molecular complexity index is 1010. The second-order valence-electron chi connectivity index (χ2n) is 6.96. The van der Waals surface area contributed by atoms with Gasteiger partial charge in [0, 0.05) is 11.6 Å². The lowest BCUT2D eigenvalue weighted by Crippen LogP contribution is -2.45. The summed E-state index contributed by atoms with van der Waals surface area (Å²) in [6.45, 7) is 3.12. The van der Waals surface area contributed by atoms with Crippen LogP contribution in [0.15, 0.2) is 60.7 Å². The zero-order valence-electron chi connectivity index (χ0n) is 16.2. The van der Waals surface area contributed by atoms with E-state index in [0.717, 1.165) is 0 Å². The zero-order chi connectivity index (χ0) is 21.4. The SMILES string of the molecule is COc1cc(O)ccc1C(c1ccccc1)(c1cc(C)c(O)c(C)c1)C(F)(F)F. The van der Waals surface area contributed by atoms with Crippen molar-refractivity contribution in [2.75, 3.05) is 7.11 Å². The van der Waals surface area contributed by atoms with E-state index in [1.165, 1.54) is 49.6 Å². The Balaban J connectivity index is 2.54. The molecular formula is C23H21F3O3. The highest BCUT2D eigenvalue weighted by Gasteiger charge is 2.59. The minimum absolute atomic E-state index is 0.000907. The summed E-state index contributed by atoms with van der Waals surface area (Å²) in [5, 5.41) is 19.9. The molecule has 3 rings (SSSR count). The molecule has 1 unspecified atom stereocenters. The Hall–Kier alpha value is -3.15. The van der Waals surface area contributed by atoms with E-state index < -0.39 is 11.6 Å². The van der Waals surface area contributed by atoms with Gasteiger partial charge >= 0.3 is 6.18 Å². The number of phenolic OH excluding ortho intramolecular Hbond substituents is 2. The first-order valence-electron chi connectivity index (χ1n) is 8.93. The molecule has 152 valence electrons. The standard InChI is InChI=1S/C23H21F3O3/c1-14-11-17(12-15(2)21(14)28)22(23(24,25)26,16-7-5-4-6-8-16)19-10-9-18(27)13-20(19)29-3/h4-13,27-28H,1-3H3. The molecule has 0 aliphatic carbocycles. The molecule has 3 aromatic carbocycles. The molecule has 29 heavy (non-hydrogen) atoms. The third-order valence-corrected chi connectivity index (χ3v) is 5.15. The highest BCUT2D eigenvalue weighted by atomic mass is 19.4. The predicted octanol–water partition coefficient (Wildman–Crippen LogP) is 5.62. The monoisotopic (exact) mass is 402 g/mol. The Morgan fingerprint density at radius 1 is 0.793 bits per heavy atom. The summed E-state index contributed by atoms with van der Waals surface area (Å²) in [6.07, 6.45) is -4.76. The van der Waals surface area contributed by atoms with Crippen molar-refractivity contribution >= 4 is 0 Å². The van der Waals surface area contributed by atoms with Gasteiger partial charge in [-0.2, -0.15) is 13.2 Å². The van der Waals surface area contributed by atoms with Crippen LogP contribution in [0.5, 0.6) is 17.2 Å². The van der Waals surface area contributed by atoms with E-state index in [0.29, 0.717) is 11.1 Å². The third-order valence-electron chi connectivity index (χ3n) is 5.15. The number of aromatic hydroxyl groups is 2. The van der Waals surface area contributed by atoms with Crippen LogP contribution in [0.2, 0.25) is 0 Å². The van der Waals surface area contributed by atoms with Gasteiger partial charge in [0.1, 0.15) is 22.7 Å². The Labute approximate surface area is 167 Å². The maximum Gasteiger partial charge on any atom is 0.406 e. The van der Waals surface area contributed by atoms with Crippen LogP contribution in [-0.4, -0.2) is 23.5 Å². The number of rotatable bonds is 4. The van der Waals surface area contributed by atoms with Gasteiger partial charge in [-0.05, 0) is 42.2 Å². The lowest BCUT2D eigenvalue weighted by Gasteiger charge is -2.38. The summed E-state index contributed by atoms with van der Waals surface area (Å²) < 4.78 is 50.3. The minimum Gasteiger partial charge on any atom is -0.508 e. The average molecular weight is 402 g/mol. The van der Waals surface area contributed by atoms with E-state index in [1.54, 1.807) is 32.0 Å². The van der Waals surface area contributed by atoms with Crippen molar-refractivity contribution in [1.82, 2.24) is 0 Å². The Morgan fingerprint density at radius 2 is 1.38 bits per heavy atom. The van der Waals surface area contributed by atoms with Gasteiger partial charge in [0.05, 0.1) is 7.11 Å². The molecule has 0 saturated carbocycles. The number of hydrogen-bond acceptors (Lipinski definition) is 3. The molecule has 0 bridgehead atoms. The van der Waals surface area contributed by atoms with E-state index >= 15 is 13.2 Å². The van der Waals surface area contributed by atoms with Gasteiger partial charge in [-0.25, -0.2) is 0 Å². The third kappa shape index (κ3) is 3.28.